The third kappa shape index (κ3) is 2.63. The van der Waals surface area contributed by atoms with E-state index in [1.54, 1.807) is 12.1 Å². The largest absolute Gasteiger partial charge is 0.334 e. The van der Waals surface area contributed by atoms with Crippen molar-refractivity contribution < 1.29 is 9.18 Å². The molecule has 2 heterocycles. The molecule has 3 aromatic rings. The average molecular weight is 405 g/mol. The van der Waals surface area contributed by atoms with Crippen molar-refractivity contribution >= 4 is 50.2 Å². The normalized spacial score (nSPS) is 16.4. The lowest BCUT2D eigenvalue weighted by Crippen LogP contribution is -2.22. The van der Waals surface area contributed by atoms with Crippen molar-refractivity contribution in [3.05, 3.63) is 58.4 Å². The molecule has 3 nitrogen and oxygen atoms in total. The highest BCUT2D eigenvalue weighted by atomic mass is 79.9. The van der Waals surface area contributed by atoms with Crippen molar-refractivity contribution in [1.29, 1.82) is 0 Å². The van der Waals surface area contributed by atoms with Crippen LogP contribution in [0.1, 0.15) is 17.4 Å². The van der Waals surface area contributed by atoms with Gasteiger partial charge in [0.15, 0.2) is 0 Å². The molecule has 0 bridgehead atoms. The molecule has 1 aromatic heterocycles. The number of carbonyl (C=O) groups is 1. The Morgan fingerprint density at radius 2 is 2.17 bits per heavy atom. The molecule has 6 heteroatoms. The number of benzene rings is 2. The molecule has 0 saturated carbocycles. The van der Waals surface area contributed by atoms with Gasteiger partial charge in [0.25, 0.3) is 5.91 Å². The van der Waals surface area contributed by atoms with Crippen LogP contribution in [0.4, 0.5) is 10.1 Å². The number of rotatable bonds is 2. The van der Waals surface area contributed by atoms with E-state index in [-0.39, 0.29) is 11.6 Å². The van der Waals surface area contributed by atoms with E-state index in [2.05, 4.69) is 34.2 Å². The molecular weight excluding hydrogens is 391 g/mol. The molecular formula is C18H14BrFN2OS. The van der Waals surface area contributed by atoms with E-state index in [1.807, 2.05) is 34.5 Å². The van der Waals surface area contributed by atoms with Gasteiger partial charge in [-0.05, 0) is 30.3 Å². The zero-order valence-electron chi connectivity index (χ0n) is 12.8. The molecule has 1 aliphatic heterocycles. The van der Waals surface area contributed by atoms with Gasteiger partial charge in [0.05, 0.1) is 11.2 Å². The van der Waals surface area contributed by atoms with Crippen LogP contribution < -0.4 is 5.32 Å². The predicted octanol–water partition coefficient (Wildman–Crippen LogP) is 5.29. The minimum atomic E-state index is -0.461. The first-order valence-corrected chi connectivity index (χ1v) is 9.25. The first-order chi connectivity index (χ1) is 11.5. The summed E-state index contributed by atoms with van der Waals surface area (Å²) in [5, 5.41) is 4.10. The maximum Gasteiger partial charge on any atom is 0.272 e. The second kappa shape index (κ2) is 5.93. The van der Waals surface area contributed by atoms with Gasteiger partial charge in [0.2, 0.25) is 0 Å². The summed E-state index contributed by atoms with van der Waals surface area (Å²) in [4.78, 5) is 13.9. The number of carbonyl (C=O) groups excluding carboxylic acids is 1. The Hall–Kier alpha value is -1.79. The molecule has 2 aromatic carbocycles. The van der Waals surface area contributed by atoms with Gasteiger partial charge in [-0.25, -0.2) is 4.39 Å². The number of hydrogen-bond donors (Lipinski definition) is 1. The maximum absolute atomic E-state index is 14.0. The molecule has 0 spiro atoms. The van der Waals surface area contributed by atoms with Gasteiger partial charge in [-0.2, -0.15) is 0 Å². The lowest BCUT2D eigenvalue weighted by molar-refractivity contribution is 0.101. The van der Waals surface area contributed by atoms with E-state index in [0.29, 0.717) is 15.4 Å². The third-order valence-electron chi connectivity index (χ3n) is 4.06. The van der Waals surface area contributed by atoms with Crippen LogP contribution in [0.2, 0.25) is 0 Å². The molecule has 4 rings (SSSR count). The van der Waals surface area contributed by atoms with Crippen molar-refractivity contribution in [2.45, 2.75) is 23.6 Å². The topological polar surface area (TPSA) is 34.0 Å². The highest BCUT2D eigenvalue weighted by Gasteiger charge is 2.24. The number of hydrogen-bond acceptors (Lipinski definition) is 2. The zero-order chi connectivity index (χ0) is 16.8. The molecule has 0 aliphatic carbocycles. The average Bonchev–Trinajstić information content (AvgIpc) is 2.90. The van der Waals surface area contributed by atoms with Crippen molar-refractivity contribution in [2.24, 2.45) is 0 Å². The molecule has 0 radical (unpaired) electrons. The summed E-state index contributed by atoms with van der Waals surface area (Å²) in [6, 6.07) is 12.6. The summed E-state index contributed by atoms with van der Waals surface area (Å²) in [5.74, 6) is -0.755. The van der Waals surface area contributed by atoms with E-state index in [1.165, 1.54) is 11.0 Å². The van der Waals surface area contributed by atoms with Crippen molar-refractivity contribution in [2.75, 3.05) is 5.32 Å². The van der Waals surface area contributed by atoms with Crippen LogP contribution in [0.3, 0.4) is 0 Å². The Kier molecular flexibility index (Phi) is 3.89. The summed E-state index contributed by atoms with van der Waals surface area (Å²) in [6.45, 7) is 2.90. The lowest BCUT2D eigenvalue weighted by Gasteiger charge is -2.22. The molecule has 122 valence electrons. The lowest BCUT2D eigenvalue weighted by atomic mass is 10.2. The van der Waals surface area contributed by atoms with Gasteiger partial charge >= 0.3 is 0 Å². The van der Waals surface area contributed by atoms with E-state index in [0.717, 1.165) is 17.4 Å². The predicted molar refractivity (Wildman–Crippen MR) is 99.3 cm³/mol. The first-order valence-electron chi connectivity index (χ1n) is 7.58. The summed E-state index contributed by atoms with van der Waals surface area (Å²) >= 11 is 5.04. The van der Waals surface area contributed by atoms with Crippen LogP contribution >= 0.6 is 27.7 Å². The number of para-hydroxylation sites is 1. The first kappa shape index (κ1) is 15.7. The molecule has 24 heavy (non-hydrogen) atoms. The molecule has 0 unspecified atom stereocenters. The van der Waals surface area contributed by atoms with Crippen LogP contribution in [0.5, 0.6) is 0 Å². The number of aromatic nitrogens is 1. The number of thioether (sulfide) groups is 1. The third-order valence-corrected chi connectivity index (χ3v) is 5.69. The SMILES string of the molecule is C[C@@H]1Cn2c(C(=O)Nc3ccc(Br)cc3F)cc3cccc(c32)S1. The van der Waals surface area contributed by atoms with Crippen LogP contribution in [0.25, 0.3) is 10.9 Å². The van der Waals surface area contributed by atoms with Crippen molar-refractivity contribution in [1.82, 2.24) is 4.57 Å². The van der Waals surface area contributed by atoms with Gasteiger partial charge in [-0.1, -0.05) is 35.0 Å². The fourth-order valence-electron chi connectivity index (χ4n) is 3.05. The Morgan fingerprint density at radius 3 is 2.96 bits per heavy atom. The van der Waals surface area contributed by atoms with Crippen molar-refractivity contribution in [3.63, 3.8) is 0 Å². The number of halogens is 2. The fourth-order valence-corrected chi connectivity index (χ4v) is 4.54. The van der Waals surface area contributed by atoms with Gasteiger partial charge in [0, 0.05) is 26.5 Å². The van der Waals surface area contributed by atoms with Crippen LogP contribution in [0, 0.1) is 5.82 Å². The Balaban J connectivity index is 1.76. The summed E-state index contributed by atoms with van der Waals surface area (Å²) in [6.07, 6.45) is 0. The second-order valence-electron chi connectivity index (χ2n) is 5.84. The summed E-state index contributed by atoms with van der Waals surface area (Å²) in [5.41, 5.74) is 1.83. The number of nitrogens with one attached hydrogen (secondary N) is 1. The minimum absolute atomic E-state index is 0.180. The highest BCUT2D eigenvalue weighted by molar-refractivity contribution is 9.10. The van der Waals surface area contributed by atoms with Crippen LogP contribution in [0.15, 0.2) is 51.8 Å². The standard InChI is InChI=1S/C18H14BrFN2OS/c1-10-9-22-15(7-11-3-2-4-16(24-10)17(11)22)18(23)21-14-6-5-12(19)8-13(14)20/h2-8,10H,9H2,1H3,(H,21,23)/t10-/m1/s1. The number of amides is 1. The Bertz CT molecular complexity index is 969. The minimum Gasteiger partial charge on any atom is -0.334 e. The van der Waals surface area contributed by atoms with Gasteiger partial charge < -0.3 is 9.88 Å². The van der Waals surface area contributed by atoms with Gasteiger partial charge in [-0.15, -0.1) is 11.8 Å². The van der Waals surface area contributed by atoms with Crippen LogP contribution in [-0.4, -0.2) is 15.7 Å². The second-order valence-corrected chi connectivity index (χ2v) is 8.24. The quantitative estimate of drug-likeness (QED) is 0.629. The molecule has 1 amide bonds. The molecule has 0 saturated heterocycles. The highest BCUT2D eigenvalue weighted by Crippen LogP contribution is 2.38. The van der Waals surface area contributed by atoms with Gasteiger partial charge in [0.1, 0.15) is 11.5 Å². The fraction of sp³-hybridized carbons (Fsp3) is 0.167. The van der Waals surface area contributed by atoms with E-state index in [9.17, 15) is 9.18 Å². The molecule has 1 atom stereocenters. The molecule has 1 aliphatic rings. The van der Waals surface area contributed by atoms with Gasteiger partial charge in [-0.3, -0.25) is 4.79 Å². The smallest absolute Gasteiger partial charge is 0.272 e. The number of anilines is 1. The maximum atomic E-state index is 14.0. The van der Waals surface area contributed by atoms with E-state index in [4.69, 9.17) is 0 Å². The van der Waals surface area contributed by atoms with Crippen molar-refractivity contribution in [3.8, 4) is 0 Å². The summed E-state index contributed by atoms with van der Waals surface area (Å²) < 4.78 is 16.7. The van der Waals surface area contributed by atoms with E-state index < -0.39 is 5.82 Å². The zero-order valence-corrected chi connectivity index (χ0v) is 15.2. The summed E-state index contributed by atoms with van der Waals surface area (Å²) in [7, 11) is 0. The molecule has 0 fully saturated rings. The monoisotopic (exact) mass is 404 g/mol. The Labute approximate surface area is 151 Å². The van der Waals surface area contributed by atoms with E-state index >= 15 is 0 Å². The Morgan fingerprint density at radius 1 is 1.33 bits per heavy atom. The van der Waals surface area contributed by atoms with Crippen LogP contribution in [-0.2, 0) is 6.54 Å². The number of nitrogens with zero attached hydrogens (tertiary/aromatic N) is 1. The molecule has 1 N–H and O–H groups in total.